The molecule has 1 saturated heterocycles. The van der Waals surface area contributed by atoms with Gasteiger partial charge in [-0.15, -0.1) is 0 Å². The minimum atomic E-state index is 0.123. The summed E-state index contributed by atoms with van der Waals surface area (Å²) in [5, 5.41) is 3.36. The number of fused-ring (bicyclic) bond motifs is 1. The lowest BCUT2D eigenvalue weighted by Crippen LogP contribution is -2.23. The zero-order valence-corrected chi connectivity index (χ0v) is 10.0. The number of nitrogens with zero attached hydrogens (tertiary/aromatic N) is 1. The van der Waals surface area contributed by atoms with Gasteiger partial charge in [0.25, 0.3) is 0 Å². The largest absolute Gasteiger partial charge is 0.342 e. The number of H-pyrrole nitrogens is 1. The first-order valence-corrected chi connectivity index (χ1v) is 6.16. The third-order valence-electron chi connectivity index (χ3n) is 3.62. The fraction of sp³-hybridized carbons (Fsp3) is 0.462. The maximum atomic E-state index is 6.32. The maximum absolute atomic E-state index is 6.32. The summed E-state index contributed by atoms with van der Waals surface area (Å²) < 4.78 is 0. The summed E-state index contributed by atoms with van der Waals surface area (Å²) >= 11 is 0. The maximum Gasteiger partial charge on any atom is 0.104 e. The van der Waals surface area contributed by atoms with Crippen LogP contribution in [0, 0.1) is 12.8 Å². The van der Waals surface area contributed by atoms with Crippen LogP contribution in [0.25, 0.3) is 11.0 Å². The highest BCUT2D eigenvalue weighted by Crippen LogP contribution is 2.26. The number of aromatic amines is 1. The molecule has 2 atom stereocenters. The van der Waals surface area contributed by atoms with Crippen molar-refractivity contribution in [2.75, 3.05) is 13.1 Å². The summed E-state index contributed by atoms with van der Waals surface area (Å²) in [4.78, 5) is 7.66. The van der Waals surface area contributed by atoms with Crippen LogP contribution in [0.15, 0.2) is 18.2 Å². The number of hydrogen-bond donors (Lipinski definition) is 3. The molecule has 17 heavy (non-hydrogen) atoms. The second-order valence-electron chi connectivity index (χ2n) is 4.88. The van der Waals surface area contributed by atoms with Gasteiger partial charge in [0, 0.05) is 6.04 Å². The molecule has 4 N–H and O–H groups in total. The van der Waals surface area contributed by atoms with Crippen LogP contribution in [0.1, 0.15) is 23.9 Å². The number of nitrogens with one attached hydrogen (secondary N) is 2. The van der Waals surface area contributed by atoms with Crippen LogP contribution in [-0.2, 0) is 0 Å². The van der Waals surface area contributed by atoms with Gasteiger partial charge in [0.05, 0.1) is 11.0 Å². The smallest absolute Gasteiger partial charge is 0.104 e. The SMILES string of the molecule is Cc1nc2ccc(C(N)C3CCNC3)cc2[nH]1. The van der Waals surface area contributed by atoms with Gasteiger partial charge in [0.2, 0.25) is 0 Å². The molecular weight excluding hydrogens is 212 g/mol. The van der Waals surface area contributed by atoms with Crippen molar-refractivity contribution in [1.82, 2.24) is 15.3 Å². The molecule has 0 saturated carbocycles. The van der Waals surface area contributed by atoms with Gasteiger partial charge >= 0.3 is 0 Å². The molecule has 0 bridgehead atoms. The van der Waals surface area contributed by atoms with Crippen LogP contribution in [0.4, 0.5) is 0 Å². The lowest BCUT2D eigenvalue weighted by Gasteiger charge is -2.18. The van der Waals surface area contributed by atoms with Crippen LogP contribution in [-0.4, -0.2) is 23.1 Å². The third-order valence-corrected chi connectivity index (χ3v) is 3.62. The molecule has 1 aliphatic rings. The molecule has 4 heteroatoms. The van der Waals surface area contributed by atoms with Crippen LogP contribution in [0.2, 0.25) is 0 Å². The number of benzene rings is 1. The van der Waals surface area contributed by atoms with Crippen molar-refractivity contribution >= 4 is 11.0 Å². The molecule has 3 rings (SSSR count). The van der Waals surface area contributed by atoms with Gasteiger partial charge in [-0.2, -0.15) is 0 Å². The summed E-state index contributed by atoms with van der Waals surface area (Å²) in [5.41, 5.74) is 9.63. The van der Waals surface area contributed by atoms with E-state index in [1.807, 2.05) is 6.92 Å². The Hall–Kier alpha value is -1.39. The van der Waals surface area contributed by atoms with E-state index in [1.165, 1.54) is 12.0 Å². The van der Waals surface area contributed by atoms with Gasteiger partial charge < -0.3 is 16.0 Å². The van der Waals surface area contributed by atoms with Crippen molar-refractivity contribution in [2.45, 2.75) is 19.4 Å². The summed E-state index contributed by atoms with van der Waals surface area (Å²) in [7, 11) is 0. The van der Waals surface area contributed by atoms with Gasteiger partial charge in [-0.1, -0.05) is 6.07 Å². The number of nitrogens with two attached hydrogens (primary N) is 1. The van der Waals surface area contributed by atoms with E-state index in [1.54, 1.807) is 0 Å². The number of aryl methyl sites for hydroxylation is 1. The van der Waals surface area contributed by atoms with E-state index in [0.717, 1.165) is 29.9 Å². The first-order valence-electron chi connectivity index (χ1n) is 6.16. The monoisotopic (exact) mass is 230 g/mol. The van der Waals surface area contributed by atoms with Crippen molar-refractivity contribution in [2.24, 2.45) is 11.7 Å². The predicted molar refractivity (Wildman–Crippen MR) is 68.7 cm³/mol. The lowest BCUT2D eigenvalue weighted by atomic mass is 9.93. The van der Waals surface area contributed by atoms with Crippen LogP contribution in [0.3, 0.4) is 0 Å². The van der Waals surface area contributed by atoms with Crippen molar-refractivity contribution in [3.05, 3.63) is 29.6 Å². The second-order valence-corrected chi connectivity index (χ2v) is 4.88. The van der Waals surface area contributed by atoms with E-state index in [4.69, 9.17) is 5.73 Å². The van der Waals surface area contributed by atoms with Gasteiger partial charge in [-0.3, -0.25) is 0 Å². The minimum absolute atomic E-state index is 0.123. The zero-order chi connectivity index (χ0) is 11.8. The molecule has 2 heterocycles. The van der Waals surface area contributed by atoms with E-state index in [0.29, 0.717) is 5.92 Å². The molecule has 0 aliphatic carbocycles. The Bertz CT molecular complexity index is 525. The van der Waals surface area contributed by atoms with Gasteiger partial charge in [-0.25, -0.2) is 4.98 Å². The first-order chi connectivity index (χ1) is 8.24. The van der Waals surface area contributed by atoms with Crippen molar-refractivity contribution in [3.63, 3.8) is 0 Å². The highest BCUT2D eigenvalue weighted by molar-refractivity contribution is 5.76. The molecule has 2 unspecified atom stereocenters. The molecule has 90 valence electrons. The topological polar surface area (TPSA) is 66.7 Å². The average molecular weight is 230 g/mol. The Morgan fingerprint density at radius 1 is 1.47 bits per heavy atom. The molecule has 1 aromatic carbocycles. The number of aromatic nitrogens is 2. The number of hydrogen-bond acceptors (Lipinski definition) is 3. The molecule has 0 amide bonds. The highest BCUT2D eigenvalue weighted by Gasteiger charge is 2.23. The number of imidazole rings is 1. The summed E-state index contributed by atoms with van der Waals surface area (Å²) in [6.45, 7) is 4.09. The van der Waals surface area contributed by atoms with Crippen molar-refractivity contribution < 1.29 is 0 Å². The fourth-order valence-electron chi connectivity index (χ4n) is 2.62. The normalized spacial score (nSPS) is 22.1. The minimum Gasteiger partial charge on any atom is -0.342 e. The number of rotatable bonds is 2. The van der Waals surface area contributed by atoms with E-state index in [2.05, 4.69) is 33.5 Å². The third kappa shape index (κ3) is 1.94. The van der Waals surface area contributed by atoms with E-state index in [9.17, 15) is 0 Å². The Labute approximate surface area is 101 Å². The quantitative estimate of drug-likeness (QED) is 0.732. The van der Waals surface area contributed by atoms with Crippen LogP contribution < -0.4 is 11.1 Å². The Balaban J connectivity index is 1.93. The fourth-order valence-corrected chi connectivity index (χ4v) is 2.62. The molecular formula is C13H18N4. The molecule has 0 radical (unpaired) electrons. The Morgan fingerprint density at radius 3 is 3.12 bits per heavy atom. The van der Waals surface area contributed by atoms with Crippen LogP contribution in [0.5, 0.6) is 0 Å². The van der Waals surface area contributed by atoms with Crippen molar-refractivity contribution in [1.29, 1.82) is 0 Å². The first kappa shape index (κ1) is 10.7. The van der Waals surface area contributed by atoms with Gasteiger partial charge in [0.1, 0.15) is 5.82 Å². The second kappa shape index (κ2) is 4.13. The zero-order valence-electron chi connectivity index (χ0n) is 10.0. The van der Waals surface area contributed by atoms with E-state index in [-0.39, 0.29) is 6.04 Å². The molecule has 2 aromatic rings. The molecule has 0 spiro atoms. The van der Waals surface area contributed by atoms with Gasteiger partial charge in [-0.05, 0) is 50.0 Å². The summed E-state index contributed by atoms with van der Waals surface area (Å²) in [6.07, 6.45) is 1.17. The summed E-state index contributed by atoms with van der Waals surface area (Å²) in [6, 6.07) is 6.42. The molecule has 1 fully saturated rings. The predicted octanol–water partition coefficient (Wildman–Crippen LogP) is 1.48. The molecule has 4 nitrogen and oxygen atoms in total. The highest BCUT2D eigenvalue weighted by atomic mass is 14.9. The average Bonchev–Trinajstić information content (AvgIpc) is 2.94. The van der Waals surface area contributed by atoms with Crippen LogP contribution >= 0.6 is 0 Å². The Morgan fingerprint density at radius 2 is 2.35 bits per heavy atom. The Kier molecular flexibility index (Phi) is 2.61. The van der Waals surface area contributed by atoms with E-state index >= 15 is 0 Å². The van der Waals surface area contributed by atoms with Crippen molar-refractivity contribution in [3.8, 4) is 0 Å². The molecule has 1 aliphatic heterocycles. The molecule has 1 aromatic heterocycles. The van der Waals surface area contributed by atoms with E-state index < -0.39 is 0 Å². The summed E-state index contributed by atoms with van der Waals surface area (Å²) in [5.74, 6) is 1.50. The standard InChI is InChI=1S/C13H18N4/c1-8-16-11-3-2-9(6-12(11)17-8)13(14)10-4-5-15-7-10/h2-3,6,10,13,15H,4-5,7,14H2,1H3,(H,16,17). The lowest BCUT2D eigenvalue weighted by molar-refractivity contribution is 0.470. The van der Waals surface area contributed by atoms with Gasteiger partial charge in [0.15, 0.2) is 0 Å².